The second kappa shape index (κ2) is 11.3. The van der Waals surface area contributed by atoms with Gasteiger partial charge in [0.15, 0.2) is 11.4 Å². The Bertz CT molecular complexity index is 1420. The fraction of sp³-hybridized carbons (Fsp3) is 0.500. The van der Waals surface area contributed by atoms with E-state index in [0.29, 0.717) is 11.3 Å². The van der Waals surface area contributed by atoms with E-state index in [-0.39, 0.29) is 49.3 Å². The number of Topliss-reactive ketones (excluding diaryl/α,β-unsaturated/α-hetero) is 2. The number of carbonyl (C=O) groups excluding carboxylic acids is 4. The second-order valence-electron chi connectivity index (χ2n) is 11.1. The molecule has 0 saturated heterocycles. The number of nitrogens with zero attached hydrogens (tertiary/aromatic N) is 2. The Morgan fingerprint density at radius 2 is 1.81 bits per heavy atom. The summed E-state index contributed by atoms with van der Waals surface area (Å²) < 4.78 is 9.82. The lowest BCUT2D eigenvalue weighted by Crippen LogP contribution is -2.65. The number of alkyl carbamates (subject to hydrolysis) is 1. The average molecular weight is 589 g/mol. The maximum atomic E-state index is 14.0. The number of methoxy groups -OCH3 is 1. The summed E-state index contributed by atoms with van der Waals surface area (Å²) in [6.07, 6.45) is -0.637. The van der Waals surface area contributed by atoms with Gasteiger partial charge in [-0.1, -0.05) is 0 Å². The van der Waals surface area contributed by atoms with Gasteiger partial charge in [-0.15, -0.1) is 0 Å². The molecule has 0 aliphatic heterocycles. The first-order valence-electron chi connectivity index (χ1n) is 13.3. The molecule has 3 aliphatic rings. The van der Waals surface area contributed by atoms with Crippen molar-refractivity contribution < 1.29 is 49.1 Å². The highest BCUT2D eigenvalue weighted by atomic mass is 16.6. The van der Waals surface area contributed by atoms with Crippen LogP contribution in [0, 0.1) is 11.8 Å². The molecule has 7 N–H and O–H groups in total. The lowest BCUT2D eigenvalue weighted by atomic mass is 9.57. The van der Waals surface area contributed by atoms with E-state index in [1.165, 1.54) is 12.0 Å². The molecule has 0 heterocycles. The van der Waals surface area contributed by atoms with Crippen molar-refractivity contribution in [3.63, 3.8) is 0 Å². The third-order valence-electron chi connectivity index (χ3n) is 8.20. The van der Waals surface area contributed by atoms with E-state index < -0.39 is 69.9 Å². The number of phenolic OH excluding ortho intramolecular Hbond substituents is 1. The predicted molar refractivity (Wildman–Crippen MR) is 149 cm³/mol. The number of fused-ring (bicyclic) bond motifs is 3. The van der Waals surface area contributed by atoms with Crippen LogP contribution in [-0.2, 0) is 36.8 Å². The van der Waals surface area contributed by atoms with Gasteiger partial charge in [0, 0.05) is 50.5 Å². The van der Waals surface area contributed by atoms with E-state index in [4.69, 9.17) is 15.2 Å². The first kappa shape index (κ1) is 30.8. The van der Waals surface area contributed by atoms with Crippen molar-refractivity contribution in [2.75, 3.05) is 53.4 Å². The lowest BCUT2D eigenvalue weighted by Gasteiger charge is -2.50. The van der Waals surface area contributed by atoms with E-state index in [1.54, 1.807) is 39.2 Å². The Kier molecular flexibility index (Phi) is 8.27. The molecule has 42 heavy (non-hydrogen) atoms. The molecule has 228 valence electrons. The van der Waals surface area contributed by atoms with Crippen molar-refractivity contribution in [3.8, 4) is 5.75 Å². The van der Waals surface area contributed by atoms with E-state index >= 15 is 0 Å². The molecule has 0 spiro atoms. The van der Waals surface area contributed by atoms with Crippen LogP contribution in [0.3, 0.4) is 0 Å². The summed E-state index contributed by atoms with van der Waals surface area (Å²) in [6.45, 7) is 0.0257. The van der Waals surface area contributed by atoms with Crippen LogP contribution in [0.25, 0.3) is 5.76 Å². The van der Waals surface area contributed by atoms with Crippen LogP contribution in [-0.4, -0.2) is 109 Å². The predicted octanol–water partition coefficient (Wildman–Crippen LogP) is -0.0974. The fourth-order valence-corrected chi connectivity index (χ4v) is 6.32. The summed E-state index contributed by atoms with van der Waals surface area (Å²) >= 11 is 0. The average Bonchev–Trinajstić information content (AvgIpc) is 2.89. The molecule has 0 unspecified atom stereocenters. The molecule has 1 aromatic carbocycles. The molecule has 14 nitrogen and oxygen atoms in total. The van der Waals surface area contributed by atoms with Crippen LogP contribution in [0.1, 0.15) is 23.1 Å². The summed E-state index contributed by atoms with van der Waals surface area (Å²) in [7, 11) is 8.04. The third kappa shape index (κ3) is 4.74. The maximum absolute atomic E-state index is 14.0. The summed E-state index contributed by atoms with van der Waals surface area (Å²) in [5.74, 6) is -7.25. The van der Waals surface area contributed by atoms with Gasteiger partial charge < -0.3 is 45.9 Å². The normalized spacial score (nSPS) is 25.2. The van der Waals surface area contributed by atoms with Crippen molar-refractivity contribution in [1.29, 1.82) is 0 Å². The number of nitrogens with one attached hydrogen (secondary N) is 1. The molecular weight excluding hydrogens is 552 g/mol. The number of primary amides is 1. The Morgan fingerprint density at radius 1 is 1.14 bits per heavy atom. The highest BCUT2D eigenvalue weighted by Gasteiger charge is 2.64. The van der Waals surface area contributed by atoms with E-state index in [9.17, 15) is 39.6 Å². The van der Waals surface area contributed by atoms with Gasteiger partial charge >= 0.3 is 6.09 Å². The second-order valence-corrected chi connectivity index (χ2v) is 11.1. The zero-order chi connectivity index (χ0) is 31.3. The number of aliphatic hydroxyl groups is 3. The van der Waals surface area contributed by atoms with Gasteiger partial charge in [-0.05, 0) is 44.5 Å². The smallest absolute Gasteiger partial charge is 0.407 e. The van der Waals surface area contributed by atoms with Crippen LogP contribution in [0.5, 0.6) is 5.75 Å². The molecule has 2 amide bonds. The number of ketones is 2. The molecule has 0 radical (unpaired) electrons. The quantitative estimate of drug-likeness (QED) is 0.174. The number of anilines is 1. The van der Waals surface area contributed by atoms with Gasteiger partial charge in [-0.2, -0.15) is 0 Å². The molecule has 4 rings (SSSR count). The molecule has 3 aliphatic carbocycles. The molecule has 14 heteroatoms. The van der Waals surface area contributed by atoms with E-state index in [0.717, 1.165) is 0 Å². The summed E-state index contributed by atoms with van der Waals surface area (Å²) in [5.41, 5.74) is 2.74. The van der Waals surface area contributed by atoms with Gasteiger partial charge in [0.1, 0.15) is 29.4 Å². The highest BCUT2D eigenvalue weighted by molar-refractivity contribution is 6.24. The van der Waals surface area contributed by atoms with Crippen LogP contribution in [0.4, 0.5) is 10.5 Å². The minimum absolute atomic E-state index is 0.0147. The number of likely N-dealkylation sites (N-methyl/N-ethyl adjacent to an activating group) is 1. The molecule has 0 aromatic heterocycles. The van der Waals surface area contributed by atoms with Crippen molar-refractivity contribution in [2.45, 2.75) is 31.0 Å². The van der Waals surface area contributed by atoms with Crippen molar-refractivity contribution in [3.05, 3.63) is 39.7 Å². The number of hydrogen-bond donors (Lipinski definition) is 6. The Morgan fingerprint density at radius 3 is 2.38 bits per heavy atom. The molecule has 4 atom stereocenters. The first-order chi connectivity index (χ1) is 19.7. The number of ether oxygens (including phenoxy) is 2. The van der Waals surface area contributed by atoms with Gasteiger partial charge in [-0.3, -0.25) is 19.3 Å². The Labute approximate surface area is 242 Å². The maximum Gasteiger partial charge on any atom is 0.407 e. The number of aromatic hydroxyl groups is 1. The standard InChI is InChI=1S/C28H36N4O10/c1-31(2)16-10-13(11-30-27(39)42-7-6-41-5)21(33)18-14(16)8-12-9-15-20(32(3)4)23(35)19(26(29)38)25(37)28(15,40)24(36)17(12)22(18)34/h10,12,15,20,33-34,37,40H,6-9,11H2,1-5H3,(H2,29,38)(H,30,39)/t12-,15-,20-,28-/m0/s1. The van der Waals surface area contributed by atoms with E-state index in [2.05, 4.69) is 5.32 Å². The van der Waals surface area contributed by atoms with Crippen LogP contribution in [0.2, 0.25) is 0 Å². The fourth-order valence-electron chi connectivity index (χ4n) is 6.32. The Hall–Kier alpha value is -4.14. The van der Waals surface area contributed by atoms with Gasteiger partial charge in [0.2, 0.25) is 5.78 Å². The van der Waals surface area contributed by atoms with Gasteiger partial charge in [-0.25, -0.2) is 4.79 Å². The minimum Gasteiger partial charge on any atom is -0.508 e. The van der Waals surface area contributed by atoms with E-state index in [1.807, 2.05) is 0 Å². The monoisotopic (exact) mass is 588 g/mol. The number of carbonyl (C=O) groups is 4. The lowest BCUT2D eigenvalue weighted by molar-refractivity contribution is -0.153. The first-order valence-corrected chi connectivity index (χ1v) is 13.3. The van der Waals surface area contributed by atoms with Crippen LogP contribution >= 0.6 is 0 Å². The molecule has 1 aromatic rings. The summed E-state index contributed by atoms with van der Waals surface area (Å²) in [5, 5.41) is 48.0. The molecule has 0 bridgehead atoms. The topological polar surface area (TPSA) is 212 Å². The highest BCUT2D eigenvalue weighted by Crippen LogP contribution is 2.54. The number of nitrogens with two attached hydrogens (primary N) is 1. The summed E-state index contributed by atoms with van der Waals surface area (Å²) in [4.78, 5) is 54.7. The van der Waals surface area contributed by atoms with Crippen molar-refractivity contribution in [1.82, 2.24) is 10.2 Å². The number of benzene rings is 1. The van der Waals surface area contributed by atoms with Gasteiger partial charge in [0.05, 0.1) is 18.2 Å². The number of phenols is 1. The van der Waals surface area contributed by atoms with Gasteiger partial charge in [0.25, 0.3) is 5.91 Å². The zero-order valence-corrected chi connectivity index (χ0v) is 24.1. The number of aliphatic hydroxyl groups excluding tert-OH is 2. The number of hydrogen-bond acceptors (Lipinski definition) is 12. The van der Waals surface area contributed by atoms with Crippen molar-refractivity contribution in [2.24, 2.45) is 17.6 Å². The molecule has 1 saturated carbocycles. The molecular formula is C28H36N4O10. The Balaban J connectivity index is 1.85. The van der Waals surface area contributed by atoms with Crippen molar-refractivity contribution >= 4 is 35.0 Å². The SMILES string of the molecule is COCCOC(=O)NCc1cc(N(C)C)c2c(c1O)C(O)=C1C(=O)[C@]3(O)C(O)=C(C(N)=O)C(=O)[C@@H](N(C)C)[C@@H]3C[C@@H]1C2. The van der Waals surface area contributed by atoms with Crippen LogP contribution in [0.15, 0.2) is 23.0 Å². The van der Waals surface area contributed by atoms with Crippen LogP contribution < -0.4 is 16.0 Å². The number of amides is 2. The summed E-state index contributed by atoms with van der Waals surface area (Å²) in [6, 6.07) is 0.477. The number of rotatable bonds is 8. The third-order valence-corrected chi connectivity index (χ3v) is 8.20. The zero-order valence-electron chi connectivity index (χ0n) is 24.1. The molecule has 1 fully saturated rings. The minimum atomic E-state index is -2.73. The largest absolute Gasteiger partial charge is 0.508 e.